The molecule has 1 aromatic heterocycles. The van der Waals surface area contributed by atoms with Gasteiger partial charge in [-0.25, -0.2) is 4.79 Å². The lowest BCUT2D eigenvalue weighted by molar-refractivity contribution is -0.128. The molecule has 2 aromatic carbocycles. The second-order valence-electron chi connectivity index (χ2n) is 9.78. The van der Waals surface area contributed by atoms with Crippen LogP contribution in [0.5, 0.6) is 0 Å². The predicted molar refractivity (Wildman–Crippen MR) is 141 cm³/mol. The predicted octanol–water partition coefficient (Wildman–Crippen LogP) is 4.47. The first-order chi connectivity index (χ1) is 17.4. The molecule has 0 aliphatic heterocycles. The zero-order chi connectivity index (χ0) is 25.5. The second-order valence-corrected chi connectivity index (χ2v) is 10.3. The van der Waals surface area contributed by atoms with Crippen LogP contribution in [0.4, 0.5) is 4.79 Å². The van der Waals surface area contributed by atoms with Crippen LogP contribution in [0.2, 0.25) is 0 Å². The van der Waals surface area contributed by atoms with Crippen molar-refractivity contribution < 1.29 is 19.4 Å². The smallest absolute Gasteiger partial charge is 0.408 e. The number of aromatic nitrogens is 1. The molecule has 0 radical (unpaired) electrons. The van der Waals surface area contributed by atoms with Crippen molar-refractivity contribution in [3.05, 3.63) is 71.9 Å². The molecule has 1 saturated carbocycles. The Morgan fingerprint density at radius 3 is 2.61 bits per heavy atom. The number of ether oxygens (including phenoxy) is 1. The number of alkyl halides is 1. The molecular weight excluding hydrogens is 478 g/mol. The number of aromatic amines is 1. The third kappa shape index (κ3) is 6.39. The molecule has 192 valence electrons. The summed E-state index contributed by atoms with van der Waals surface area (Å²) in [6.45, 7) is 1.45. The number of H-pyrrole nitrogens is 1. The molecule has 1 fully saturated rings. The highest BCUT2D eigenvalue weighted by Gasteiger charge is 2.38. The Morgan fingerprint density at radius 1 is 1.14 bits per heavy atom. The molecule has 8 heteroatoms. The van der Waals surface area contributed by atoms with Gasteiger partial charge in [0, 0.05) is 23.5 Å². The summed E-state index contributed by atoms with van der Waals surface area (Å²) in [5.41, 5.74) is 1.50. The lowest BCUT2D eigenvalue weighted by atomic mass is 9.91. The van der Waals surface area contributed by atoms with Crippen LogP contribution in [-0.2, 0) is 22.4 Å². The molecule has 0 unspecified atom stereocenters. The van der Waals surface area contributed by atoms with Crippen LogP contribution in [0, 0.1) is 0 Å². The van der Waals surface area contributed by atoms with Crippen LogP contribution in [0.3, 0.4) is 0 Å². The zero-order valence-corrected chi connectivity index (χ0v) is 21.3. The highest BCUT2D eigenvalue weighted by molar-refractivity contribution is 6.21. The Labute approximate surface area is 216 Å². The lowest BCUT2D eigenvalue weighted by Gasteiger charge is -2.33. The number of hydrogen-bond donors (Lipinski definition) is 4. The van der Waals surface area contributed by atoms with Crippen molar-refractivity contribution in [2.75, 3.05) is 6.61 Å². The number of nitrogens with one attached hydrogen (secondary N) is 3. The largest absolute Gasteiger partial charge is 0.445 e. The Bertz CT molecular complexity index is 1170. The summed E-state index contributed by atoms with van der Waals surface area (Å²) in [5, 5.41) is 16.5. The van der Waals surface area contributed by atoms with E-state index in [0.717, 1.165) is 41.3 Å². The number of benzene rings is 2. The van der Waals surface area contributed by atoms with Gasteiger partial charge in [-0.15, -0.1) is 11.6 Å². The number of para-hydroxylation sites is 1. The van der Waals surface area contributed by atoms with Crippen molar-refractivity contribution in [1.29, 1.82) is 0 Å². The quantitative estimate of drug-likeness (QED) is 0.318. The normalized spacial score (nSPS) is 20.3. The summed E-state index contributed by atoms with van der Waals surface area (Å²) in [4.78, 5) is 29.9. The molecule has 4 atom stereocenters. The number of carbonyl (C=O) groups excluding carboxylic acids is 2. The maximum atomic E-state index is 13.7. The highest BCUT2D eigenvalue weighted by atomic mass is 35.5. The number of aliphatic hydroxyl groups excluding tert-OH is 1. The number of aliphatic hydroxyl groups is 1. The third-order valence-corrected chi connectivity index (χ3v) is 7.36. The average molecular weight is 512 g/mol. The summed E-state index contributed by atoms with van der Waals surface area (Å²) in [6.07, 6.45) is 4.96. The van der Waals surface area contributed by atoms with Gasteiger partial charge >= 0.3 is 6.09 Å². The van der Waals surface area contributed by atoms with E-state index in [9.17, 15) is 14.7 Å². The topological polar surface area (TPSA) is 103 Å². The monoisotopic (exact) mass is 511 g/mol. The second kappa shape index (κ2) is 11.8. The minimum absolute atomic E-state index is 0.232. The number of carbonyl (C=O) groups is 2. The van der Waals surface area contributed by atoms with Crippen molar-refractivity contribution in [3.8, 4) is 0 Å². The van der Waals surface area contributed by atoms with Gasteiger partial charge in [0.05, 0.1) is 18.0 Å². The highest BCUT2D eigenvalue weighted by Crippen LogP contribution is 2.27. The number of amides is 2. The van der Waals surface area contributed by atoms with Crippen LogP contribution < -0.4 is 10.6 Å². The molecule has 2 amide bonds. The molecule has 7 nitrogen and oxygen atoms in total. The Morgan fingerprint density at radius 2 is 1.86 bits per heavy atom. The molecule has 1 aliphatic rings. The van der Waals surface area contributed by atoms with Crippen LogP contribution in [0.1, 0.15) is 43.7 Å². The van der Waals surface area contributed by atoms with Gasteiger partial charge in [-0.05, 0) is 49.8 Å². The Balaban J connectivity index is 1.54. The number of hydrogen-bond acceptors (Lipinski definition) is 4. The number of halogens is 1. The van der Waals surface area contributed by atoms with E-state index in [1.807, 2.05) is 60.8 Å². The van der Waals surface area contributed by atoms with Crippen molar-refractivity contribution in [1.82, 2.24) is 15.6 Å². The van der Waals surface area contributed by atoms with Crippen LogP contribution >= 0.6 is 11.6 Å². The molecule has 0 saturated heterocycles. The summed E-state index contributed by atoms with van der Waals surface area (Å²) < 4.78 is 5.66. The van der Waals surface area contributed by atoms with E-state index in [0.29, 0.717) is 12.8 Å². The van der Waals surface area contributed by atoms with Gasteiger partial charge in [0.2, 0.25) is 5.91 Å². The maximum Gasteiger partial charge on any atom is 0.408 e. The number of alkyl carbamates (subject to hydrolysis) is 1. The van der Waals surface area contributed by atoms with Crippen molar-refractivity contribution >= 4 is 34.5 Å². The summed E-state index contributed by atoms with van der Waals surface area (Å²) in [5.74, 6) is -0.397. The van der Waals surface area contributed by atoms with Gasteiger partial charge < -0.3 is 25.5 Å². The summed E-state index contributed by atoms with van der Waals surface area (Å²) in [6, 6.07) is 16.9. The van der Waals surface area contributed by atoms with Crippen LogP contribution in [-0.4, -0.2) is 51.8 Å². The molecule has 4 rings (SSSR count). The Kier molecular flexibility index (Phi) is 8.54. The molecule has 0 bridgehead atoms. The summed E-state index contributed by atoms with van der Waals surface area (Å²) in [7, 11) is 0. The lowest BCUT2D eigenvalue weighted by Crippen LogP contribution is -2.61. The van der Waals surface area contributed by atoms with Crippen molar-refractivity contribution in [2.45, 2.75) is 68.5 Å². The zero-order valence-electron chi connectivity index (χ0n) is 20.5. The molecule has 1 heterocycles. The van der Waals surface area contributed by atoms with Gasteiger partial charge in [0.15, 0.2) is 0 Å². The van der Waals surface area contributed by atoms with Crippen LogP contribution in [0.15, 0.2) is 60.8 Å². The van der Waals surface area contributed by atoms with E-state index in [1.165, 1.54) is 0 Å². The Hall–Kier alpha value is -3.03. The maximum absolute atomic E-state index is 13.7. The van der Waals surface area contributed by atoms with Crippen molar-refractivity contribution in [3.63, 3.8) is 0 Å². The minimum Gasteiger partial charge on any atom is -0.445 e. The standard InChI is InChI=1S/C28H34ClN3O4/c1-28(16-20-17-30-24-13-7-5-11-22(20)24,32-27(35)36-25-14-8-6-12-23(25)29)26(34)31-21(18-33)15-19-9-3-2-4-10-19/h2-5,7,9-11,13,17,21,23,25,30,33H,6,8,12,14-16,18H2,1H3,(H,31,34)(H,32,35)/t21-,23-,25-,28+/m0/s1. The van der Waals surface area contributed by atoms with E-state index in [1.54, 1.807) is 6.92 Å². The van der Waals surface area contributed by atoms with E-state index >= 15 is 0 Å². The first-order valence-electron chi connectivity index (χ1n) is 12.5. The fraction of sp³-hybridized carbons (Fsp3) is 0.429. The molecule has 4 N–H and O–H groups in total. The third-order valence-electron chi connectivity index (χ3n) is 6.86. The van der Waals surface area contributed by atoms with Gasteiger partial charge in [-0.1, -0.05) is 55.0 Å². The SMILES string of the molecule is C[C@](Cc1c[nH]c2ccccc12)(NC(=O)O[C@H]1CCCC[C@@H]1Cl)C(=O)N[C@H](CO)Cc1ccccc1. The first kappa shape index (κ1) is 26.0. The molecular formula is C28H34ClN3O4. The van der Waals surface area contributed by atoms with Crippen molar-refractivity contribution in [2.24, 2.45) is 0 Å². The average Bonchev–Trinajstić information content (AvgIpc) is 3.28. The van der Waals surface area contributed by atoms with Crippen LogP contribution in [0.25, 0.3) is 10.9 Å². The van der Waals surface area contributed by atoms with E-state index in [4.69, 9.17) is 16.3 Å². The fourth-order valence-corrected chi connectivity index (χ4v) is 5.15. The van der Waals surface area contributed by atoms with E-state index < -0.39 is 23.6 Å². The summed E-state index contributed by atoms with van der Waals surface area (Å²) >= 11 is 6.39. The number of rotatable bonds is 9. The first-order valence-corrected chi connectivity index (χ1v) is 13.0. The minimum atomic E-state index is -1.33. The van der Waals surface area contributed by atoms with Gasteiger partial charge in [0.1, 0.15) is 11.6 Å². The van der Waals surface area contributed by atoms with Gasteiger partial charge in [0.25, 0.3) is 0 Å². The number of fused-ring (bicyclic) bond motifs is 1. The molecule has 0 spiro atoms. The van der Waals surface area contributed by atoms with E-state index in [2.05, 4.69) is 15.6 Å². The fourth-order valence-electron chi connectivity index (χ4n) is 4.82. The van der Waals surface area contributed by atoms with E-state index in [-0.39, 0.29) is 24.5 Å². The van der Waals surface area contributed by atoms with Gasteiger partial charge in [-0.2, -0.15) is 0 Å². The molecule has 1 aliphatic carbocycles. The van der Waals surface area contributed by atoms with Gasteiger partial charge in [-0.3, -0.25) is 4.79 Å². The molecule has 36 heavy (non-hydrogen) atoms. The molecule has 3 aromatic rings.